The molecule has 0 aliphatic rings. The minimum Gasteiger partial charge on any atom is -0.287 e. The van der Waals surface area contributed by atoms with Crippen molar-refractivity contribution in [3.8, 4) is 11.9 Å². The molecule has 0 N–H and O–H groups in total. The third-order valence-electron chi connectivity index (χ3n) is 2.49. The van der Waals surface area contributed by atoms with Crippen LogP contribution >= 0.6 is 0 Å². The van der Waals surface area contributed by atoms with Crippen molar-refractivity contribution in [3.63, 3.8) is 0 Å². The first-order chi connectivity index (χ1) is 7.63. The summed E-state index contributed by atoms with van der Waals surface area (Å²) < 4.78 is 1.83. The van der Waals surface area contributed by atoms with Gasteiger partial charge in [-0.15, -0.1) is 0 Å². The van der Waals surface area contributed by atoms with Crippen LogP contribution < -0.4 is 0 Å². The van der Waals surface area contributed by atoms with E-state index in [-0.39, 0.29) is 0 Å². The molecule has 2 aromatic rings. The van der Waals surface area contributed by atoms with Gasteiger partial charge in [0.1, 0.15) is 11.9 Å². The number of nitriles is 1. The molecule has 2 rings (SSSR count). The minimum absolute atomic E-state index is 0.603. The average Bonchev–Trinajstić information content (AvgIpc) is 2.63. The highest BCUT2D eigenvalue weighted by atomic mass is 15.1. The number of rotatable bonds is 1. The van der Waals surface area contributed by atoms with Crippen LogP contribution in [0.3, 0.4) is 0 Å². The summed E-state index contributed by atoms with van der Waals surface area (Å²) in [6, 6.07) is 4.11. The summed E-state index contributed by atoms with van der Waals surface area (Å²) in [7, 11) is 0. The summed E-state index contributed by atoms with van der Waals surface area (Å²) in [4.78, 5) is 8.55. The first-order valence-electron chi connectivity index (χ1n) is 5.02. The second-order valence-corrected chi connectivity index (χ2v) is 3.74. The van der Waals surface area contributed by atoms with Crippen molar-refractivity contribution >= 4 is 0 Å². The molecule has 4 heteroatoms. The van der Waals surface area contributed by atoms with Gasteiger partial charge < -0.3 is 0 Å². The van der Waals surface area contributed by atoms with Gasteiger partial charge in [-0.1, -0.05) is 0 Å². The van der Waals surface area contributed by atoms with Crippen LogP contribution in [0, 0.1) is 32.1 Å². The van der Waals surface area contributed by atoms with Crippen LogP contribution in [-0.4, -0.2) is 14.5 Å². The maximum atomic E-state index is 9.16. The standard InChI is InChI=1S/C12H12N4/c1-8-6-9(2)15-12(11(8)7-13)16-5-4-14-10(16)3/h4-6H,1-3H3. The summed E-state index contributed by atoms with van der Waals surface area (Å²) >= 11 is 0. The molecule has 0 saturated carbocycles. The Morgan fingerprint density at radius 3 is 2.62 bits per heavy atom. The number of pyridine rings is 1. The van der Waals surface area contributed by atoms with Gasteiger partial charge in [0.25, 0.3) is 0 Å². The average molecular weight is 212 g/mol. The third kappa shape index (κ3) is 1.57. The molecular formula is C12H12N4. The number of hydrogen-bond donors (Lipinski definition) is 0. The Kier molecular flexibility index (Phi) is 2.45. The van der Waals surface area contributed by atoms with Crippen molar-refractivity contribution in [2.75, 3.05) is 0 Å². The van der Waals surface area contributed by atoms with E-state index in [1.807, 2.05) is 37.6 Å². The lowest BCUT2D eigenvalue weighted by atomic mass is 10.1. The Hall–Kier alpha value is -2.15. The largest absolute Gasteiger partial charge is 0.287 e. The molecule has 0 saturated heterocycles. The van der Waals surface area contributed by atoms with Crippen molar-refractivity contribution in [3.05, 3.63) is 41.1 Å². The van der Waals surface area contributed by atoms with Crippen LogP contribution in [0.1, 0.15) is 22.6 Å². The molecule has 2 aromatic heterocycles. The Morgan fingerprint density at radius 2 is 2.06 bits per heavy atom. The van der Waals surface area contributed by atoms with E-state index in [9.17, 15) is 0 Å². The van der Waals surface area contributed by atoms with Crippen molar-refractivity contribution in [2.45, 2.75) is 20.8 Å². The quantitative estimate of drug-likeness (QED) is 0.727. The highest BCUT2D eigenvalue weighted by Crippen LogP contribution is 2.17. The summed E-state index contributed by atoms with van der Waals surface area (Å²) in [6.45, 7) is 5.73. The molecule has 0 amide bonds. The normalized spacial score (nSPS) is 10.1. The monoisotopic (exact) mass is 212 g/mol. The number of aromatic nitrogens is 3. The van der Waals surface area contributed by atoms with Gasteiger partial charge in [-0.2, -0.15) is 5.26 Å². The lowest BCUT2D eigenvalue weighted by molar-refractivity contribution is 0.913. The summed E-state index contributed by atoms with van der Waals surface area (Å²) in [6.07, 6.45) is 3.52. The SMILES string of the molecule is Cc1cc(C)c(C#N)c(-n2ccnc2C)n1. The predicted octanol–water partition coefficient (Wildman–Crippen LogP) is 2.06. The van der Waals surface area contributed by atoms with Gasteiger partial charge in [0.15, 0.2) is 5.82 Å². The molecule has 2 heterocycles. The van der Waals surface area contributed by atoms with Crippen LogP contribution in [0.4, 0.5) is 0 Å². The zero-order valence-electron chi connectivity index (χ0n) is 9.52. The third-order valence-corrected chi connectivity index (χ3v) is 2.49. The maximum Gasteiger partial charge on any atom is 0.156 e. The van der Waals surface area contributed by atoms with Crippen molar-refractivity contribution in [2.24, 2.45) is 0 Å². The smallest absolute Gasteiger partial charge is 0.156 e. The zero-order chi connectivity index (χ0) is 11.7. The highest BCUT2D eigenvalue weighted by Gasteiger charge is 2.11. The van der Waals surface area contributed by atoms with E-state index < -0.39 is 0 Å². The Labute approximate surface area is 94.2 Å². The van der Waals surface area contributed by atoms with E-state index in [1.165, 1.54) is 0 Å². The van der Waals surface area contributed by atoms with E-state index in [2.05, 4.69) is 16.0 Å². The molecule has 0 atom stereocenters. The van der Waals surface area contributed by atoms with Gasteiger partial charge in [-0.25, -0.2) is 9.97 Å². The van der Waals surface area contributed by atoms with Gasteiger partial charge in [0.2, 0.25) is 0 Å². The van der Waals surface area contributed by atoms with Crippen LogP contribution in [0.2, 0.25) is 0 Å². The lowest BCUT2D eigenvalue weighted by Crippen LogP contribution is -2.05. The molecule has 0 spiro atoms. The molecule has 80 valence electrons. The zero-order valence-corrected chi connectivity index (χ0v) is 9.52. The van der Waals surface area contributed by atoms with E-state index in [0.717, 1.165) is 17.1 Å². The number of nitrogens with zero attached hydrogens (tertiary/aromatic N) is 4. The summed E-state index contributed by atoms with van der Waals surface area (Å²) in [5, 5.41) is 9.16. The summed E-state index contributed by atoms with van der Waals surface area (Å²) in [5.41, 5.74) is 2.45. The van der Waals surface area contributed by atoms with Gasteiger partial charge in [0.05, 0.1) is 5.56 Å². The minimum atomic E-state index is 0.603. The molecule has 0 aromatic carbocycles. The first kappa shape index (κ1) is 10.4. The fraction of sp³-hybridized carbons (Fsp3) is 0.250. The van der Waals surface area contributed by atoms with E-state index >= 15 is 0 Å². The Bertz CT molecular complexity index is 575. The predicted molar refractivity (Wildman–Crippen MR) is 60.3 cm³/mol. The van der Waals surface area contributed by atoms with Crippen LogP contribution in [0.5, 0.6) is 0 Å². The Morgan fingerprint density at radius 1 is 1.31 bits per heavy atom. The molecule has 4 nitrogen and oxygen atoms in total. The fourth-order valence-electron chi connectivity index (χ4n) is 1.73. The van der Waals surface area contributed by atoms with Crippen molar-refractivity contribution < 1.29 is 0 Å². The number of aryl methyl sites for hydroxylation is 3. The molecule has 0 fully saturated rings. The van der Waals surface area contributed by atoms with Gasteiger partial charge in [-0.05, 0) is 32.4 Å². The topological polar surface area (TPSA) is 54.5 Å². The second kappa shape index (κ2) is 3.78. The second-order valence-electron chi connectivity index (χ2n) is 3.74. The molecule has 16 heavy (non-hydrogen) atoms. The van der Waals surface area contributed by atoms with Crippen molar-refractivity contribution in [1.29, 1.82) is 5.26 Å². The number of imidazole rings is 1. The van der Waals surface area contributed by atoms with Crippen LogP contribution in [-0.2, 0) is 0 Å². The van der Waals surface area contributed by atoms with E-state index in [4.69, 9.17) is 5.26 Å². The highest BCUT2D eigenvalue weighted by molar-refractivity contribution is 5.50. The van der Waals surface area contributed by atoms with Gasteiger partial charge in [-0.3, -0.25) is 4.57 Å². The molecular weight excluding hydrogens is 200 g/mol. The molecule has 0 unspecified atom stereocenters. The molecule has 0 aliphatic carbocycles. The molecule has 0 bridgehead atoms. The van der Waals surface area contributed by atoms with Crippen LogP contribution in [0.15, 0.2) is 18.5 Å². The van der Waals surface area contributed by atoms with Gasteiger partial charge >= 0.3 is 0 Å². The maximum absolute atomic E-state index is 9.16. The van der Waals surface area contributed by atoms with Crippen molar-refractivity contribution in [1.82, 2.24) is 14.5 Å². The Balaban J connectivity index is 2.75. The summed E-state index contributed by atoms with van der Waals surface area (Å²) in [5.74, 6) is 1.49. The van der Waals surface area contributed by atoms with E-state index in [1.54, 1.807) is 6.20 Å². The molecule has 0 radical (unpaired) electrons. The van der Waals surface area contributed by atoms with Gasteiger partial charge in [0, 0.05) is 18.1 Å². The molecule has 0 aliphatic heterocycles. The van der Waals surface area contributed by atoms with Crippen LogP contribution in [0.25, 0.3) is 5.82 Å². The lowest BCUT2D eigenvalue weighted by Gasteiger charge is -2.09. The first-order valence-corrected chi connectivity index (χ1v) is 5.02. The van der Waals surface area contributed by atoms with E-state index in [0.29, 0.717) is 11.4 Å². The fourth-order valence-corrected chi connectivity index (χ4v) is 1.73. The number of hydrogen-bond acceptors (Lipinski definition) is 3.